The number of rotatable bonds is 7. The van der Waals surface area contributed by atoms with E-state index < -0.39 is 0 Å². The predicted octanol–water partition coefficient (Wildman–Crippen LogP) is 1.48. The molecule has 2 heterocycles. The van der Waals surface area contributed by atoms with Crippen molar-refractivity contribution in [1.82, 2.24) is 25.5 Å². The molecule has 0 saturated heterocycles. The van der Waals surface area contributed by atoms with E-state index in [9.17, 15) is 0 Å². The van der Waals surface area contributed by atoms with Gasteiger partial charge in [0, 0.05) is 17.8 Å². The Kier molecular flexibility index (Phi) is 4.63. The maximum Gasteiger partial charge on any atom is 0.165 e. The lowest BCUT2D eigenvalue weighted by molar-refractivity contribution is 0.542. The van der Waals surface area contributed by atoms with E-state index in [0.717, 1.165) is 38.3 Å². The quantitative estimate of drug-likeness (QED) is 0.757. The molecule has 2 rings (SSSR count). The lowest BCUT2D eigenvalue weighted by Gasteiger charge is -2.04. The van der Waals surface area contributed by atoms with E-state index in [1.165, 1.54) is 4.88 Å². The summed E-state index contributed by atoms with van der Waals surface area (Å²) < 4.78 is 1.88. The first-order valence-corrected chi connectivity index (χ1v) is 6.76. The lowest BCUT2D eigenvalue weighted by Crippen LogP contribution is -2.18. The van der Waals surface area contributed by atoms with Crippen molar-refractivity contribution in [3.63, 3.8) is 0 Å². The molecule has 0 aliphatic rings. The second-order valence-electron chi connectivity index (χ2n) is 3.82. The van der Waals surface area contributed by atoms with Gasteiger partial charge < -0.3 is 5.32 Å². The van der Waals surface area contributed by atoms with Crippen molar-refractivity contribution >= 4 is 11.3 Å². The topological polar surface area (TPSA) is 55.6 Å². The summed E-state index contributed by atoms with van der Waals surface area (Å²) in [5.41, 5.74) is 0. The van der Waals surface area contributed by atoms with Crippen LogP contribution in [0, 0.1) is 0 Å². The van der Waals surface area contributed by atoms with Crippen LogP contribution in [-0.4, -0.2) is 26.8 Å². The van der Waals surface area contributed by atoms with Gasteiger partial charge in [0.05, 0.1) is 6.54 Å². The van der Waals surface area contributed by atoms with Gasteiger partial charge in [-0.05, 0) is 34.8 Å². The SMILES string of the molecule is CCCNCc1nnnn1CCc1cccs1. The molecule has 0 aliphatic carbocycles. The van der Waals surface area contributed by atoms with Crippen LogP contribution in [-0.2, 0) is 19.5 Å². The van der Waals surface area contributed by atoms with E-state index in [1.807, 2.05) is 4.68 Å². The van der Waals surface area contributed by atoms with Crippen LogP contribution in [0.2, 0.25) is 0 Å². The molecule has 0 spiro atoms. The molecule has 2 aromatic heterocycles. The highest BCUT2D eigenvalue weighted by Gasteiger charge is 2.05. The van der Waals surface area contributed by atoms with Gasteiger partial charge in [-0.3, -0.25) is 0 Å². The van der Waals surface area contributed by atoms with Gasteiger partial charge in [-0.25, -0.2) is 4.68 Å². The van der Waals surface area contributed by atoms with Gasteiger partial charge in [0.2, 0.25) is 0 Å². The van der Waals surface area contributed by atoms with Gasteiger partial charge in [0.25, 0.3) is 0 Å². The lowest BCUT2D eigenvalue weighted by atomic mass is 10.3. The molecule has 2 aromatic rings. The molecule has 0 aliphatic heterocycles. The Bertz CT molecular complexity index is 423. The smallest absolute Gasteiger partial charge is 0.165 e. The molecule has 0 bridgehead atoms. The van der Waals surface area contributed by atoms with Crippen LogP contribution in [0.3, 0.4) is 0 Å². The molecular formula is C11H17N5S. The normalized spacial score (nSPS) is 10.9. The third kappa shape index (κ3) is 3.61. The predicted molar refractivity (Wildman–Crippen MR) is 67.8 cm³/mol. The Hall–Kier alpha value is -1.27. The maximum absolute atomic E-state index is 4.03. The van der Waals surface area contributed by atoms with E-state index in [2.05, 4.69) is 45.3 Å². The molecule has 0 saturated carbocycles. The number of nitrogens with zero attached hydrogens (tertiary/aromatic N) is 4. The fourth-order valence-electron chi connectivity index (χ4n) is 1.57. The molecule has 0 atom stereocenters. The summed E-state index contributed by atoms with van der Waals surface area (Å²) in [6.07, 6.45) is 2.11. The number of aromatic nitrogens is 4. The highest BCUT2D eigenvalue weighted by Crippen LogP contribution is 2.10. The summed E-state index contributed by atoms with van der Waals surface area (Å²) in [6, 6.07) is 4.22. The van der Waals surface area contributed by atoms with Crippen molar-refractivity contribution in [2.24, 2.45) is 0 Å². The van der Waals surface area contributed by atoms with Gasteiger partial charge in [0.1, 0.15) is 0 Å². The Morgan fingerprint density at radius 3 is 3.18 bits per heavy atom. The molecule has 0 amide bonds. The maximum atomic E-state index is 4.03. The Labute approximate surface area is 105 Å². The Morgan fingerprint density at radius 1 is 1.47 bits per heavy atom. The molecule has 17 heavy (non-hydrogen) atoms. The standard InChI is InChI=1S/C11H17N5S/c1-2-6-12-9-11-13-14-15-16(11)7-5-10-4-3-8-17-10/h3-4,8,12H,2,5-7,9H2,1H3. The summed E-state index contributed by atoms with van der Waals surface area (Å²) in [4.78, 5) is 1.37. The average molecular weight is 251 g/mol. The number of tetrazole rings is 1. The minimum absolute atomic E-state index is 0.741. The van der Waals surface area contributed by atoms with Gasteiger partial charge in [0.15, 0.2) is 5.82 Å². The molecule has 92 valence electrons. The van der Waals surface area contributed by atoms with E-state index >= 15 is 0 Å². The number of nitrogens with one attached hydrogen (secondary N) is 1. The van der Waals surface area contributed by atoms with Crippen LogP contribution in [0.4, 0.5) is 0 Å². The summed E-state index contributed by atoms with van der Waals surface area (Å²) >= 11 is 1.77. The Balaban J connectivity index is 1.85. The molecule has 6 heteroatoms. The van der Waals surface area contributed by atoms with E-state index in [0.29, 0.717) is 0 Å². The van der Waals surface area contributed by atoms with Crippen molar-refractivity contribution in [3.8, 4) is 0 Å². The number of thiophene rings is 1. The summed E-state index contributed by atoms with van der Waals surface area (Å²) in [6.45, 7) is 4.73. The summed E-state index contributed by atoms with van der Waals surface area (Å²) in [7, 11) is 0. The van der Waals surface area contributed by atoms with Gasteiger partial charge >= 0.3 is 0 Å². The highest BCUT2D eigenvalue weighted by atomic mass is 32.1. The second-order valence-corrected chi connectivity index (χ2v) is 4.86. The van der Waals surface area contributed by atoms with Crippen molar-refractivity contribution in [2.75, 3.05) is 6.54 Å². The summed E-state index contributed by atoms with van der Waals surface area (Å²) in [5, 5.41) is 17.2. The van der Waals surface area contributed by atoms with E-state index in [4.69, 9.17) is 0 Å². The Morgan fingerprint density at radius 2 is 2.41 bits per heavy atom. The fraction of sp³-hybridized carbons (Fsp3) is 0.545. The minimum Gasteiger partial charge on any atom is -0.310 e. The molecule has 1 N–H and O–H groups in total. The molecule has 0 aromatic carbocycles. The van der Waals surface area contributed by atoms with Crippen LogP contribution < -0.4 is 5.32 Å². The minimum atomic E-state index is 0.741. The van der Waals surface area contributed by atoms with Crippen LogP contribution in [0.25, 0.3) is 0 Å². The average Bonchev–Trinajstić information content (AvgIpc) is 2.97. The van der Waals surface area contributed by atoms with Crippen molar-refractivity contribution in [3.05, 3.63) is 28.2 Å². The van der Waals surface area contributed by atoms with Gasteiger partial charge in [-0.1, -0.05) is 13.0 Å². The van der Waals surface area contributed by atoms with Crippen molar-refractivity contribution < 1.29 is 0 Å². The zero-order valence-corrected chi connectivity index (χ0v) is 10.8. The fourth-order valence-corrected chi connectivity index (χ4v) is 2.27. The third-order valence-corrected chi connectivity index (χ3v) is 3.40. The monoisotopic (exact) mass is 251 g/mol. The summed E-state index contributed by atoms with van der Waals surface area (Å²) in [5.74, 6) is 0.912. The first-order valence-electron chi connectivity index (χ1n) is 5.88. The van der Waals surface area contributed by atoms with Crippen molar-refractivity contribution in [1.29, 1.82) is 0 Å². The zero-order chi connectivity index (χ0) is 11.9. The number of aryl methyl sites for hydroxylation is 2. The van der Waals surface area contributed by atoms with Crippen LogP contribution in [0.5, 0.6) is 0 Å². The molecular weight excluding hydrogens is 234 g/mol. The first kappa shape index (κ1) is 12.2. The highest BCUT2D eigenvalue weighted by molar-refractivity contribution is 7.09. The van der Waals surface area contributed by atoms with Crippen LogP contribution in [0.15, 0.2) is 17.5 Å². The van der Waals surface area contributed by atoms with Crippen LogP contribution in [0.1, 0.15) is 24.0 Å². The molecule has 0 fully saturated rings. The zero-order valence-electron chi connectivity index (χ0n) is 9.96. The van der Waals surface area contributed by atoms with Gasteiger partial charge in [-0.15, -0.1) is 16.4 Å². The van der Waals surface area contributed by atoms with Crippen LogP contribution >= 0.6 is 11.3 Å². The molecule has 0 radical (unpaired) electrons. The third-order valence-electron chi connectivity index (χ3n) is 2.47. The number of hydrogen-bond acceptors (Lipinski definition) is 5. The second kappa shape index (κ2) is 6.46. The largest absolute Gasteiger partial charge is 0.310 e. The van der Waals surface area contributed by atoms with E-state index in [-0.39, 0.29) is 0 Å². The number of hydrogen-bond donors (Lipinski definition) is 1. The molecule has 0 unspecified atom stereocenters. The first-order chi connectivity index (χ1) is 8.40. The van der Waals surface area contributed by atoms with Crippen molar-refractivity contribution in [2.45, 2.75) is 32.9 Å². The molecule has 5 nitrogen and oxygen atoms in total. The van der Waals surface area contributed by atoms with E-state index in [1.54, 1.807) is 11.3 Å². The van der Waals surface area contributed by atoms with Gasteiger partial charge in [-0.2, -0.15) is 0 Å².